The normalized spacial score (nSPS) is 25.7. The van der Waals surface area contributed by atoms with Gasteiger partial charge in [0.05, 0.1) is 0 Å². The van der Waals surface area contributed by atoms with E-state index in [1.165, 1.54) is 32.5 Å². The largest absolute Gasteiger partial charge is 0.344 e. The lowest BCUT2D eigenvalue weighted by Crippen LogP contribution is -2.59. The van der Waals surface area contributed by atoms with Crippen molar-refractivity contribution in [2.24, 2.45) is 11.3 Å². The molecule has 3 nitrogen and oxygen atoms in total. The van der Waals surface area contributed by atoms with Crippen molar-refractivity contribution in [3.8, 4) is 0 Å². The Labute approximate surface area is 92.4 Å². The molecule has 3 heteroatoms. The molecule has 15 heavy (non-hydrogen) atoms. The third-order valence-electron chi connectivity index (χ3n) is 3.77. The second kappa shape index (κ2) is 4.12. The van der Waals surface area contributed by atoms with Crippen molar-refractivity contribution in [3.63, 3.8) is 0 Å². The van der Waals surface area contributed by atoms with Gasteiger partial charge in [-0.2, -0.15) is 0 Å². The molecule has 86 valence electrons. The summed E-state index contributed by atoms with van der Waals surface area (Å²) in [5, 5.41) is 0. The van der Waals surface area contributed by atoms with Crippen LogP contribution in [-0.2, 0) is 4.79 Å². The van der Waals surface area contributed by atoms with Crippen molar-refractivity contribution < 1.29 is 4.79 Å². The molecule has 0 atom stereocenters. The van der Waals surface area contributed by atoms with E-state index in [9.17, 15) is 4.79 Å². The topological polar surface area (TPSA) is 23.6 Å². The lowest BCUT2D eigenvalue weighted by atomic mass is 9.72. The number of carbonyl (C=O) groups is 1. The van der Waals surface area contributed by atoms with Gasteiger partial charge in [0, 0.05) is 25.0 Å². The van der Waals surface area contributed by atoms with Crippen molar-refractivity contribution in [2.75, 3.05) is 32.7 Å². The zero-order valence-electron chi connectivity index (χ0n) is 9.91. The first-order valence-corrected chi connectivity index (χ1v) is 6.05. The summed E-state index contributed by atoms with van der Waals surface area (Å²) in [7, 11) is 0. The van der Waals surface area contributed by atoms with E-state index in [-0.39, 0.29) is 0 Å². The van der Waals surface area contributed by atoms with Gasteiger partial charge in [0.1, 0.15) is 0 Å². The number of hydrogen-bond donors (Lipinski definition) is 0. The Morgan fingerprint density at radius 2 is 1.87 bits per heavy atom. The minimum atomic E-state index is 0.494. The van der Waals surface area contributed by atoms with Crippen molar-refractivity contribution in [1.29, 1.82) is 0 Å². The molecule has 0 aromatic rings. The van der Waals surface area contributed by atoms with Crippen LogP contribution in [-0.4, -0.2) is 48.9 Å². The van der Waals surface area contributed by atoms with Crippen LogP contribution in [0.5, 0.6) is 0 Å². The molecule has 2 heterocycles. The highest BCUT2D eigenvalue weighted by atomic mass is 16.1. The van der Waals surface area contributed by atoms with Gasteiger partial charge in [0.15, 0.2) is 0 Å². The lowest BCUT2D eigenvalue weighted by Gasteiger charge is -2.52. The van der Waals surface area contributed by atoms with Crippen molar-refractivity contribution in [3.05, 3.63) is 0 Å². The highest BCUT2D eigenvalue weighted by Crippen LogP contribution is 2.39. The molecule has 2 aliphatic heterocycles. The maximum absolute atomic E-state index is 10.5. The Hall–Kier alpha value is -0.570. The summed E-state index contributed by atoms with van der Waals surface area (Å²) < 4.78 is 0. The summed E-state index contributed by atoms with van der Waals surface area (Å²) in [5.74, 6) is 0.770. The van der Waals surface area contributed by atoms with Crippen LogP contribution in [0.1, 0.15) is 26.7 Å². The van der Waals surface area contributed by atoms with Gasteiger partial charge in [-0.15, -0.1) is 0 Å². The van der Waals surface area contributed by atoms with Crippen LogP contribution in [0.2, 0.25) is 0 Å². The summed E-state index contributed by atoms with van der Waals surface area (Å²) in [5.41, 5.74) is 0.494. The van der Waals surface area contributed by atoms with Gasteiger partial charge in [-0.3, -0.25) is 4.79 Å². The van der Waals surface area contributed by atoms with Crippen molar-refractivity contribution >= 4 is 6.41 Å². The molecular formula is C12H22N2O. The quantitative estimate of drug-likeness (QED) is 0.653. The third kappa shape index (κ3) is 2.33. The number of piperidine rings is 1. The van der Waals surface area contributed by atoms with E-state index < -0.39 is 0 Å². The highest BCUT2D eigenvalue weighted by Gasteiger charge is 2.44. The molecule has 0 aromatic carbocycles. The highest BCUT2D eigenvalue weighted by molar-refractivity contribution is 5.49. The molecule has 2 rings (SSSR count). The summed E-state index contributed by atoms with van der Waals surface area (Å²) in [6.45, 7) is 10.3. The van der Waals surface area contributed by atoms with E-state index in [4.69, 9.17) is 0 Å². The predicted molar refractivity (Wildman–Crippen MR) is 60.6 cm³/mol. The smallest absolute Gasteiger partial charge is 0.209 e. The lowest BCUT2D eigenvalue weighted by molar-refractivity contribution is -0.132. The Kier molecular flexibility index (Phi) is 3.01. The van der Waals surface area contributed by atoms with E-state index in [2.05, 4.69) is 18.7 Å². The third-order valence-corrected chi connectivity index (χ3v) is 3.77. The average Bonchev–Trinajstić information content (AvgIpc) is 2.15. The first-order valence-electron chi connectivity index (χ1n) is 6.05. The molecule has 0 saturated carbocycles. The number of likely N-dealkylation sites (tertiary alicyclic amines) is 2. The molecule has 2 fully saturated rings. The zero-order valence-corrected chi connectivity index (χ0v) is 9.91. The second-order valence-corrected chi connectivity index (χ2v) is 5.70. The Morgan fingerprint density at radius 1 is 1.27 bits per heavy atom. The predicted octanol–water partition coefficient (Wildman–Crippen LogP) is 1.20. The van der Waals surface area contributed by atoms with Gasteiger partial charge < -0.3 is 9.80 Å². The summed E-state index contributed by atoms with van der Waals surface area (Å²) in [6.07, 6.45) is 3.56. The summed E-state index contributed by atoms with van der Waals surface area (Å²) in [6, 6.07) is 0. The fraction of sp³-hybridized carbons (Fsp3) is 0.917. The van der Waals surface area contributed by atoms with E-state index in [1.807, 2.05) is 4.90 Å². The molecular weight excluding hydrogens is 188 g/mol. The van der Waals surface area contributed by atoms with Crippen LogP contribution < -0.4 is 0 Å². The fourth-order valence-corrected chi connectivity index (χ4v) is 2.93. The van der Waals surface area contributed by atoms with Gasteiger partial charge >= 0.3 is 0 Å². The molecule has 0 unspecified atom stereocenters. The van der Waals surface area contributed by atoms with Crippen LogP contribution in [0.4, 0.5) is 0 Å². The van der Waals surface area contributed by atoms with Crippen LogP contribution in [0.25, 0.3) is 0 Å². The van der Waals surface area contributed by atoms with Crippen molar-refractivity contribution in [2.45, 2.75) is 26.7 Å². The van der Waals surface area contributed by atoms with Gasteiger partial charge in [-0.1, -0.05) is 13.8 Å². The molecule has 0 N–H and O–H groups in total. The van der Waals surface area contributed by atoms with E-state index in [0.29, 0.717) is 5.41 Å². The molecule has 0 aliphatic carbocycles. The molecule has 0 bridgehead atoms. The molecule has 0 radical (unpaired) electrons. The standard InChI is InChI=1S/C12H22N2O/c1-11(2)7-13-5-3-12(4-6-13)8-14(9-12)10-15/h10-11H,3-9H2,1-2H3. The van der Waals surface area contributed by atoms with Gasteiger partial charge in [0.2, 0.25) is 6.41 Å². The number of hydrogen-bond acceptors (Lipinski definition) is 2. The van der Waals surface area contributed by atoms with Crippen LogP contribution >= 0.6 is 0 Å². The number of nitrogens with zero attached hydrogens (tertiary/aromatic N) is 2. The van der Waals surface area contributed by atoms with Gasteiger partial charge in [-0.25, -0.2) is 0 Å². The maximum atomic E-state index is 10.5. The van der Waals surface area contributed by atoms with Gasteiger partial charge in [0.25, 0.3) is 0 Å². The number of amides is 1. The zero-order chi connectivity index (χ0) is 10.9. The Morgan fingerprint density at radius 3 is 2.33 bits per heavy atom. The Bertz CT molecular complexity index is 224. The van der Waals surface area contributed by atoms with Crippen LogP contribution in [0.3, 0.4) is 0 Å². The fourth-order valence-electron chi connectivity index (χ4n) is 2.93. The first-order chi connectivity index (χ1) is 7.13. The Balaban J connectivity index is 1.76. The van der Waals surface area contributed by atoms with E-state index in [1.54, 1.807) is 0 Å². The van der Waals surface area contributed by atoms with Gasteiger partial charge in [-0.05, 0) is 31.8 Å². The minimum absolute atomic E-state index is 0.494. The number of rotatable bonds is 3. The van der Waals surface area contributed by atoms with Crippen LogP contribution in [0.15, 0.2) is 0 Å². The van der Waals surface area contributed by atoms with Crippen LogP contribution in [0, 0.1) is 11.3 Å². The molecule has 1 amide bonds. The first kappa shape index (κ1) is 10.9. The van der Waals surface area contributed by atoms with E-state index in [0.717, 1.165) is 25.4 Å². The second-order valence-electron chi connectivity index (χ2n) is 5.70. The summed E-state index contributed by atoms with van der Waals surface area (Å²) >= 11 is 0. The monoisotopic (exact) mass is 210 g/mol. The van der Waals surface area contributed by atoms with E-state index >= 15 is 0 Å². The summed E-state index contributed by atoms with van der Waals surface area (Å²) in [4.78, 5) is 15.0. The molecule has 2 aliphatic rings. The molecule has 1 spiro atoms. The minimum Gasteiger partial charge on any atom is -0.344 e. The maximum Gasteiger partial charge on any atom is 0.209 e. The van der Waals surface area contributed by atoms with Crippen molar-refractivity contribution in [1.82, 2.24) is 9.80 Å². The SMILES string of the molecule is CC(C)CN1CCC2(CC1)CN(C=O)C2. The average molecular weight is 210 g/mol. The molecule has 2 saturated heterocycles. The number of carbonyl (C=O) groups excluding carboxylic acids is 1. The molecule has 0 aromatic heterocycles.